The molecule has 0 bridgehead atoms. The second kappa shape index (κ2) is 7.42. The molecule has 1 fully saturated rings. The Morgan fingerprint density at radius 3 is 2.68 bits per heavy atom. The Kier molecular flexibility index (Phi) is 5.11. The van der Waals surface area contributed by atoms with Crippen LogP contribution in [0.5, 0.6) is 5.88 Å². The molecule has 0 spiro atoms. The maximum absolute atomic E-state index is 13.2. The van der Waals surface area contributed by atoms with E-state index in [4.69, 9.17) is 27.9 Å². The fraction of sp³-hybridized carbons (Fsp3) is 0.333. The van der Waals surface area contributed by atoms with Crippen molar-refractivity contribution in [3.63, 3.8) is 0 Å². The molecule has 148 valence electrons. The molecule has 10 heteroatoms. The average molecular weight is 442 g/mol. The second-order valence-corrected chi connectivity index (χ2v) is 9.33. The minimum Gasteiger partial charge on any atom is -0.474 e. The highest BCUT2D eigenvalue weighted by Gasteiger charge is 2.32. The van der Waals surface area contributed by atoms with E-state index in [2.05, 4.69) is 10.3 Å². The van der Waals surface area contributed by atoms with Crippen molar-refractivity contribution in [2.45, 2.75) is 30.2 Å². The largest absolute Gasteiger partial charge is 0.474 e. The monoisotopic (exact) mass is 441 g/mol. The normalized spacial score (nSPS) is 16.7. The first kappa shape index (κ1) is 19.3. The highest BCUT2D eigenvalue weighted by molar-refractivity contribution is 7.92. The number of anilines is 1. The van der Waals surface area contributed by atoms with Gasteiger partial charge < -0.3 is 10.1 Å². The maximum atomic E-state index is 13.2. The molecular formula is C18H17Cl2N3O4S. The summed E-state index contributed by atoms with van der Waals surface area (Å²) in [7, 11) is -3.94. The van der Waals surface area contributed by atoms with Gasteiger partial charge >= 0.3 is 0 Å². The molecular weight excluding hydrogens is 425 g/mol. The number of carbonyl (C=O) groups excluding carboxylic acids is 1. The molecule has 1 saturated carbocycles. The van der Waals surface area contributed by atoms with E-state index in [1.165, 1.54) is 34.8 Å². The van der Waals surface area contributed by atoms with Crippen LogP contribution in [-0.2, 0) is 10.0 Å². The molecule has 0 unspecified atom stereocenters. The first-order valence-corrected chi connectivity index (χ1v) is 11.0. The molecule has 1 aliphatic heterocycles. The molecule has 28 heavy (non-hydrogen) atoms. The third-order valence-corrected chi connectivity index (χ3v) is 7.36. The van der Waals surface area contributed by atoms with E-state index in [1.807, 2.05) is 0 Å². The molecule has 1 aromatic carbocycles. The SMILES string of the molecule is O=C(NC1CCC1)c1cnc2c(c1)N(S(=O)(=O)c1ccc(Cl)c(Cl)c1)CCO2. The van der Waals surface area contributed by atoms with Gasteiger partial charge in [0, 0.05) is 12.2 Å². The van der Waals surface area contributed by atoms with Gasteiger partial charge in [0.25, 0.3) is 15.9 Å². The number of hydrogen-bond acceptors (Lipinski definition) is 5. The number of pyridine rings is 1. The summed E-state index contributed by atoms with van der Waals surface area (Å²) < 4.78 is 33.0. The molecule has 1 amide bonds. The van der Waals surface area contributed by atoms with E-state index in [-0.39, 0.29) is 57.2 Å². The molecule has 0 radical (unpaired) electrons. The lowest BCUT2D eigenvalue weighted by molar-refractivity contribution is 0.0916. The lowest BCUT2D eigenvalue weighted by atomic mass is 9.93. The quantitative estimate of drug-likeness (QED) is 0.786. The number of carbonyl (C=O) groups is 1. The van der Waals surface area contributed by atoms with Crippen molar-refractivity contribution in [1.82, 2.24) is 10.3 Å². The van der Waals surface area contributed by atoms with Crippen LogP contribution in [0.2, 0.25) is 10.0 Å². The van der Waals surface area contributed by atoms with Crippen LogP contribution in [0.4, 0.5) is 5.69 Å². The Balaban J connectivity index is 1.69. The van der Waals surface area contributed by atoms with E-state index < -0.39 is 10.0 Å². The number of nitrogens with one attached hydrogen (secondary N) is 1. The van der Waals surface area contributed by atoms with Gasteiger partial charge in [-0.3, -0.25) is 9.10 Å². The van der Waals surface area contributed by atoms with Gasteiger partial charge in [0.2, 0.25) is 5.88 Å². The number of fused-ring (bicyclic) bond motifs is 1. The summed E-state index contributed by atoms with van der Waals surface area (Å²) in [4.78, 5) is 16.6. The zero-order chi connectivity index (χ0) is 19.9. The van der Waals surface area contributed by atoms with Crippen LogP contribution in [-0.4, -0.2) is 38.5 Å². The van der Waals surface area contributed by atoms with Crippen molar-refractivity contribution >= 4 is 44.8 Å². The fourth-order valence-electron chi connectivity index (χ4n) is 3.04. The molecule has 4 rings (SSSR count). The van der Waals surface area contributed by atoms with Crippen molar-refractivity contribution in [2.24, 2.45) is 0 Å². The summed E-state index contributed by atoms with van der Waals surface area (Å²) in [5, 5.41) is 3.32. The molecule has 2 aliphatic rings. The van der Waals surface area contributed by atoms with Crippen molar-refractivity contribution in [3.05, 3.63) is 46.1 Å². The summed E-state index contributed by atoms with van der Waals surface area (Å²) in [6.45, 7) is 0.235. The smallest absolute Gasteiger partial charge is 0.264 e. The number of aromatic nitrogens is 1. The Bertz CT molecular complexity index is 1040. The van der Waals surface area contributed by atoms with Gasteiger partial charge in [0.05, 0.1) is 27.0 Å². The Labute approximate surface area is 172 Å². The van der Waals surface area contributed by atoms with Crippen LogP contribution >= 0.6 is 23.2 Å². The first-order chi connectivity index (χ1) is 13.4. The zero-order valence-corrected chi connectivity index (χ0v) is 17.0. The van der Waals surface area contributed by atoms with Crippen LogP contribution in [0.15, 0.2) is 35.4 Å². The molecule has 0 atom stereocenters. The fourth-order valence-corrected chi connectivity index (χ4v) is 4.86. The summed E-state index contributed by atoms with van der Waals surface area (Å²) in [6.07, 6.45) is 4.38. The number of rotatable bonds is 4. The molecule has 2 heterocycles. The van der Waals surface area contributed by atoms with Crippen LogP contribution in [0.25, 0.3) is 0 Å². The summed E-state index contributed by atoms with van der Waals surface area (Å²) in [6, 6.07) is 5.77. The molecule has 1 aliphatic carbocycles. The minimum absolute atomic E-state index is 0.000859. The van der Waals surface area contributed by atoms with Crippen molar-refractivity contribution < 1.29 is 17.9 Å². The van der Waals surface area contributed by atoms with Gasteiger partial charge in [-0.25, -0.2) is 13.4 Å². The van der Waals surface area contributed by atoms with Gasteiger partial charge in [-0.1, -0.05) is 23.2 Å². The molecule has 0 saturated heterocycles. The van der Waals surface area contributed by atoms with Gasteiger partial charge in [0.1, 0.15) is 12.3 Å². The molecule has 2 aromatic rings. The topological polar surface area (TPSA) is 88.6 Å². The Hall–Kier alpha value is -2.03. The van der Waals surface area contributed by atoms with Gasteiger partial charge in [-0.2, -0.15) is 0 Å². The Morgan fingerprint density at radius 1 is 1.21 bits per heavy atom. The maximum Gasteiger partial charge on any atom is 0.264 e. The van der Waals surface area contributed by atoms with E-state index in [1.54, 1.807) is 0 Å². The van der Waals surface area contributed by atoms with Gasteiger partial charge in [0.15, 0.2) is 0 Å². The zero-order valence-electron chi connectivity index (χ0n) is 14.7. The number of benzene rings is 1. The third kappa shape index (κ3) is 3.52. The second-order valence-electron chi connectivity index (χ2n) is 6.65. The van der Waals surface area contributed by atoms with Crippen molar-refractivity contribution in [2.75, 3.05) is 17.5 Å². The lowest BCUT2D eigenvalue weighted by Crippen LogP contribution is -2.40. The van der Waals surface area contributed by atoms with E-state index in [9.17, 15) is 13.2 Å². The Morgan fingerprint density at radius 2 is 2.00 bits per heavy atom. The predicted molar refractivity (Wildman–Crippen MR) is 106 cm³/mol. The van der Waals surface area contributed by atoms with Crippen molar-refractivity contribution in [1.29, 1.82) is 0 Å². The number of amides is 1. The van der Waals surface area contributed by atoms with Crippen LogP contribution < -0.4 is 14.4 Å². The molecule has 1 N–H and O–H groups in total. The number of hydrogen-bond donors (Lipinski definition) is 1. The number of halogens is 2. The number of sulfonamides is 1. The predicted octanol–water partition coefficient (Wildman–Crippen LogP) is 3.26. The highest BCUT2D eigenvalue weighted by atomic mass is 35.5. The van der Waals surface area contributed by atoms with Gasteiger partial charge in [-0.05, 0) is 43.5 Å². The average Bonchev–Trinajstić information content (AvgIpc) is 2.65. The summed E-state index contributed by atoms with van der Waals surface area (Å²) in [5.41, 5.74) is 0.504. The van der Waals surface area contributed by atoms with Crippen LogP contribution in [0.1, 0.15) is 29.6 Å². The van der Waals surface area contributed by atoms with E-state index in [0.29, 0.717) is 0 Å². The third-order valence-electron chi connectivity index (χ3n) is 4.82. The lowest BCUT2D eigenvalue weighted by Gasteiger charge is -2.30. The van der Waals surface area contributed by atoms with Crippen LogP contribution in [0, 0.1) is 0 Å². The first-order valence-electron chi connectivity index (χ1n) is 8.78. The number of ether oxygens (including phenoxy) is 1. The standard InChI is InChI=1S/C18H17Cl2N3O4S/c19-14-5-4-13(9-15(14)20)28(25,26)23-6-7-27-18-16(23)8-11(10-21-18)17(24)22-12-2-1-3-12/h4-5,8-10,12H,1-3,6-7H2,(H,22,24). The van der Waals surface area contributed by atoms with Crippen LogP contribution in [0.3, 0.4) is 0 Å². The van der Waals surface area contributed by atoms with Gasteiger partial charge in [-0.15, -0.1) is 0 Å². The highest BCUT2D eigenvalue weighted by Crippen LogP contribution is 2.35. The van der Waals surface area contributed by atoms with E-state index >= 15 is 0 Å². The summed E-state index contributed by atoms with van der Waals surface area (Å²) >= 11 is 11.9. The molecule has 7 nitrogen and oxygen atoms in total. The minimum atomic E-state index is -3.94. The molecule has 1 aromatic heterocycles. The number of nitrogens with zero attached hydrogens (tertiary/aromatic N) is 2. The van der Waals surface area contributed by atoms with E-state index in [0.717, 1.165) is 19.3 Å². The van der Waals surface area contributed by atoms with Crippen molar-refractivity contribution in [3.8, 4) is 5.88 Å². The summed E-state index contributed by atoms with van der Waals surface area (Å²) in [5.74, 6) is -0.118.